The Morgan fingerprint density at radius 3 is 2.36 bits per heavy atom. The maximum absolute atomic E-state index is 15.9. The summed E-state index contributed by atoms with van der Waals surface area (Å²) in [4.78, 5) is 37.5. The summed E-state index contributed by atoms with van der Waals surface area (Å²) in [6.07, 6.45) is -3.37. The van der Waals surface area contributed by atoms with Crippen molar-refractivity contribution in [1.82, 2.24) is 10.6 Å². The van der Waals surface area contributed by atoms with Gasteiger partial charge in [0.2, 0.25) is 11.8 Å². The Labute approximate surface area is 272 Å². The number of aliphatic hydroxyl groups is 3. The topological polar surface area (TPSA) is 182 Å². The minimum atomic E-state index is -2.38. The monoisotopic (exact) mass is 660 g/mol. The molecule has 47 heavy (non-hydrogen) atoms. The van der Waals surface area contributed by atoms with E-state index in [9.17, 15) is 29.7 Å². The number of carbonyl (C=O) groups excluding carboxylic acids is 3. The minimum Gasteiger partial charge on any atom is -0.465 e. The molecule has 3 rings (SSSR count). The lowest BCUT2D eigenvalue weighted by atomic mass is 9.89. The lowest BCUT2D eigenvalue weighted by Gasteiger charge is -2.46. The van der Waals surface area contributed by atoms with E-state index in [-0.39, 0.29) is 39.5 Å². The number of terminal acetylenes is 1. The molecule has 0 saturated carbocycles. The van der Waals surface area contributed by atoms with Crippen LogP contribution in [0.15, 0.2) is 54.6 Å². The third kappa shape index (κ3) is 11.1. The van der Waals surface area contributed by atoms with E-state index in [1.54, 1.807) is 12.1 Å². The first-order valence-corrected chi connectivity index (χ1v) is 14.9. The zero-order chi connectivity index (χ0) is 34.2. The molecule has 0 aromatic heterocycles. The summed E-state index contributed by atoms with van der Waals surface area (Å²) < 4.78 is 42.6. The number of methoxy groups -OCH3 is 1. The molecule has 256 valence electrons. The van der Waals surface area contributed by atoms with E-state index in [1.165, 1.54) is 0 Å². The highest BCUT2D eigenvalue weighted by atomic mass is 19.1. The van der Waals surface area contributed by atoms with Crippen LogP contribution in [0.2, 0.25) is 0 Å². The van der Waals surface area contributed by atoms with E-state index in [1.807, 2.05) is 42.5 Å². The molecule has 0 radical (unpaired) electrons. The molecule has 2 amide bonds. The van der Waals surface area contributed by atoms with Gasteiger partial charge in [0, 0.05) is 13.0 Å². The summed E-state index contributed by atoms with van der Waals surface area (Å²) in [7, 11) is 1.03. The van der Waals surface area contributed by atoms with Gasteiger partial charge in [0.15, 0.2) is 6.17 Å². The predicted octanol–water partition coefficient (Wildman–Crippen LogP) is -0.109. The van der Waals surface area contributed by atoms with Crippen LogP contribution in [-0.2, 0) is 44.5 Å². The summed E-state index contributed by atoms with van der Waals surface area (Å²) >= 11 is 0. The number of halogens is 1. The SMILES string of the molecule is C#CCOCCOCCO[C@]1(C(=O)OC)C[C@H](O)[C@@H](NC(=O)CO)[C@H]([C@@H](F)[C@H](O)CNC(=O)Cc2ccc(-c3ccccc3)cc2)O1. The van der Waals surface area contributed by atoms with Crippen LogP contribution in [0.1, 0.15) is 12.0 Å². The van der Waals surface area contributed by atoms with Crippen LogP contribution in [0.4, 0.5) is 4.39 Å². The van der Waals surface area contributed by atoms with Gasteiger partial charge in [0.05, 0.1) is 52.1 Å². The maximum atomic E-state index is 15.9. The number of rotatable bonds is 18. The van der Waals surface area contributed by atoms with Crippen LogP contribution >= 0.6 is 0 Å². The van der Waals surface area contributed by atoms with Crippen LogP contribution in [0.25, 0.3) is 11.1 Å². The Bertz CT molecular complexity index is 1320. The normalized spacial score (nSPS) is 22.0. The third-order valence-corrected chi connectivity index (χ3v) is 7.28. The van der Waals surface area contributed by atoms with Gasteiger partial charge in [-0.3, -0.25) is 9.59 Å². The van der Waals surface area contributed by atoms with Crippen LogP contribution in [0.3, 0.4) is 0 Å². The van der Waals surface area contributed by atoms with Crippen LogP contribution in [-0.4, -0.2) is 123 Å². The summed E-state index contributed by atoms with van der Waals surface area (Å²) in [5.74, 6) is -2.62. The van der Waals surface area contributed by atoms with Gasteiger partial charge in [-0.25, -0.2) is 9.18 Å². The van der Waals surface area contributed by atoms with Gasteiger partial charge >= 0.3 is 5.97 Å². The molecule has 1 heterocycles. The van der Waals surface area contributed by atoms with Crippen molar-refractivity contribution in [1.29, 1.82) is 0 Å². The molecule has 0 bridgehead atoms. The fourth-order valence-electron chi connectivity index (χ4n) is 4.93. The first kappa shape index (κ1) is 37.5. The number of nitrogens with one attached hydrogen (secondary N) is 2. The Hall–Kier alpha value is -3.94. The van der Waals surface area contributed by atoms with E-state index in [4.69, 9.17) is 30.1 Å². The second kappa shape index (κ2) is 19.0. The van der Waals surface area contributed by atoms with Crippen molar-refractivity contribution in [2.75, 3.05) is 53.3 Å². The largest absolute Gasteiger partial charge is 0.465 e. The Kier molecular flexibility index (Phi) is 15.2. The minimum absolute atomic E-state index is 0.0516. The van der Waals surface area contributed by atoms with Crippen molar-refractivity contribution >= 4 is 17.8 Å². The van der Waals surface area contributed by atoms with E-state index < -0.39 is 73.7 Å². The van der Waals surface area contributed by atoms with Gasteiger partial charge in [-0.2, -0.15) is 0 Å². The molecule has 1 aliphatic heterocycles. The fourth-order valence-corrected chi connectivity index (χ4v) is 4.93. The second-order valence-electron chi connectivity index (χ2n) is 10.6. The van der Waals surface area contributed by atoms with Crippen LogP contribution in [0.5, 0.6) is 0 Å². The molecule has 6 atom stereocenters. The smallest absolute Gasteiger partial charge is 0.366 e. The molecule has 0 unspecified atom stereocenters. The summed E-state index contributed by atoms with van der Waals surface area (Å²) in [5.41, 5.74) is 2.66. The number of benzene rings is 2. The number of esters is 1. The highest BCUT2D eigenvalue weighted by Crippen LogP contribution is 2.35. The van der Waals surface area contributed by atoms with Gasteiger partial charge < -0.3 is 49.6 Å². The molecule has 1 aliphatic rings. The van der Waals surface area contributed by atoms with Gasteiger partial charge in [-0.05, 0) is 16.7 Å². The van der Waals surface area contributed by atoms with Crippen molar-refractivity contribution in [2.45, 2.75) is 49.2 Å². The summed E-state index contributed by atoms with van der Waals surface area (Å²) in [5, 5.41) is 35.6. The quantitative estimate of drug-likeness (QED) is 0.0818. The standard InChI is InChI=1S/C33H41FN2O11/c1-3-13-44-14-15-45-16-17-46-33(32(42)43-2)19-25(38)30(36-28(41)21-37)31(47-33)29(34)26(39)20-35-27(40)18-22-9-11-24(12-10-22)23-7-5-4-6-8-23/h1,4-12,25-26,29-31,37-39H,13-21H2,2H3,(H,35,40)(H,36,41)/t25-,26+,29-,30+,31-,33+/m0/s1. The van der Waals surface area contributed by atoms with Crippen molar-refractivity contribution in [3.05, 3.63) is 60.2 Å². The molecular formula is C33H41FN2O11. The van der Waals surface area contributed by atoms with E-state index in [0.717, 1.165) is 18.2 Å². The van der Waals surface area contributed by atoms with Crippen LogP contribution in [0, 0.1) is 12.3 Å². The molecule has 2 aromatic rings. The number of hydrogen-bond acceptors (Lipinski definition) is 11. The third-order valence-electron chi connectivity index (χ3n) is 7.28. The predicted molar refractivity (Wildman–Crippen MR) is 165 cm³/mol. The van der Waals surface area contributed by atoms with Crippen LogP contribution < -0.4 is 10.6 Å². The number of ether oxygens (including phenoxy) is 5. The second-order valence-corrected chi connectivity index (χ2v) is 10.6. The Balaban J connectivity index is 1.65. The van der Waals surface area contributed by atoms with Crippen molar-refractivity contribution in [3.8, 4) is 23.5 Å². The van der Waals surface area contributed by atoms with E-state index in [0.29, 0.717) is 5.56 Å². The highest BCUT2D eigenvalue weighted by molar-refractivity contribution is 5.80. The number of aliphatic hydroxyl groups excluding tert-OH is 3. The van der Waals surface area contributed by atoms with Gasteiger partial charge in [0.25, 0.3) is 5.79 Å². The molecule has 13 nitrogen and oxygen atoms in total. The first-order valence-electron chi connectivity index (χ1n) is 14.9. The van der Waals surface area contributed by atoms with Gasteiger partial charge in [0.1, 0.15) is 25.4 Å². The van der Waals surface area contributed by atoms with Gasteiger partial charge in [-0.1, -0.05) is 60.5 Å². The van der Waals surface area contributed by atoms with Crippen molar-refractivity contribution < 1.29 is 57.8 Å². The van der Waals surface area contributed by atoms with Crippen molar-refractivity contribution in [2.24, 2.45) is 0 Å². The first-order chi connectivity index (χ1) is 22.6. The Morgan fingerprint density at radius 2 is 1.70 bits per heavy atom. The molecule has 5 N–H and O–H groups in total. The number of carbonyl (C=O) groups is 3. The summed E-state index contributed by atoms with van der Waals surface area (Å²) in [6.45, 7) is -1.42. The fraction of sp³-hybridized carbons (Fsp3) is 0.485. The Morgan fingerprint density at radius 1 is 1.04 bits per heavy atom. The molecule has 2 aromatic carbocycles. The number of alkyl halides is 1. The van der Waals surface area contributed by atoms with E-state index in [2.05, 4.69) is 16.6 Å². The zero-order valence-electron chi connectivity index (χ0n) is 26.0. The molecule has 14 heteroatoms. The zero-order valence-corrected chi connectivity index (χ0v) is 26.0. The molecule has 0 spiro atoms. The number of amides is 2. The molecular weight excluding hydrogens is 619 g/mol. The maximum Gasteiger partial charge on any atom is 0.366 e. The van der Waals surface area contributed by atoms with E-state index >= 15 is 4.39 Å². The molecule has 1 fully saturated rings. The lowest BCUT2D eigenvalue weighted by Crippen LogP contribution is -2.68. The lowest BCUT2D eigenvalue weighted by molar-refractivity contribution is -0.309. The molecule has 0 aliphatic carbocycles. The van der Waals surface area contributed by atoms with Crippen molar-refractivity contribution in [3.63, 3.8) is 0 Å². The highest BCUT2D eigenvalue weighted by Gasteiger charge is 2.56. The summed E-state index contributed by atoms with van der Waals surface area (Å²) in [6, 6.07) is 15.5. The average molecular weight is 661 g/mol. The average Bonchev–Trinajstić information content (AvgIpc) is 3.09. The number of hydrogen-bond donors (Lipinski definition) is 5. The molecule has 1 saturated heterocycles. The van der Waals surface area contributed by atoms with Gasteiger partial charge in [-0.15, -0.1) is 6.42 Å².